The van der Waals surface area contributed by atoms with E-state index >= 15 is 0 Å². The first kappa shape index (κ1) is 21.4. The predicted molar refractivity (Wildman–Crippen MR) is 112 cm³/mol. The van der Waals surface area contributed by atoms with Crippen LogP contribution in [0, 0.1) is 5.92 Å². The summed E-state index contributed by atoms with van der Waals surface area (Å²) in [6, 6.07) is 11.3. The van der Waals surface area contributed by atoms with Gasteiger partial charge in [-0.1, -0.05) is 65.1 Å². The van der Waals surface area contributed by atoms with E-state index in [0.717, 1.165) is 10.0 Å². The molecule has 2 aromatic carbocycles. The minimum atomic E-state index is -0.758. The van der Waals surface area contributed by atoms with Gasteiger partial charge in [-0.25, -0.2) is 5.43 Å². The largest absolute Gasteiger partial charge is 0.340 e. The highest BCUT2D eigenvalue weighted by molar-refractivity contribution is 9.10. The summed E-state index contributed by atoms with van der Waals surface area (Å²) < 4.78 is 0.909. The van der Waals surface area contributed by atoms with Gasteiger partial charge in [0.25, 0.3) is 11.8 Å². The monoisotopic (exact) mass is 469 g/mol. The van der Waals surface area contributed by atoms with E-state index in [4.69, 9.17) is 23.2 Å². The van der Waals surface area contributed by atoms with Crippen LogP contribution in [-0.2, 0) is 4.79 Å². The Kier molecular flexibility index (Phi) is 7.83. The molecule has 0 saturated carbocycles. The molecule has 8 heteroatoms. The lowest BCUT2D eigenvalue weighted by Crippen LogP contribution is -2.48. The smallest absolute Gasteiger partial charge is 0.262 e. The lowest BCUT2D eigenvalue weighted by Gasteiger charge is -2.20. The average Bonchev–Trinajstić information content (AvgIpc) is 2.61. The SMILES string of the molecule is CC(C)C(NC(=O)c1ccc(Cl)c(Cl)c1)C(=O)N/N=C\c1cccc(Br)c1. The Morgan fingerprint density at radius 3 is 2.48 bits per heavy atom. The molecule has 0 aromatic heterocycles. The third-order valence-electron chi connectivity index (χ3n) is 3.65. The molecule has 1 atom stereocenters. The van der Waals surface area contributed by atoms with Crippen LogP contribution in [0.3, 0.4) is 0 Å². The molecule has 2 N–H and O–H groups in total. The van der Waals surface area contributed by atoms with E-state index in [9.17, 15) is 9.59 Å². The van der Waals surface area contributed by atoms with Gasteiger partial charge in [0.15, 0.2) is 0 Å². The normalized spacial score (nSPS) is 12.2. The predicted octanol–water partition coefficient (Wildman–Crippen LogP) is 4.66. The second-order valence-corrected chi connectivity index (χ2v) is 7.84. The van der Waals surface area contributed by atoms with Gasteiger partial charge >= 0.3 is 0 Å². The Labute approximate surface area is 176 Å². The molecule has 1 unspecified atom stereocenters. The van der Waals surface area contributed by atoms with Crippen molar-refractivity contribution in [2.24, 2.45) is 11.0 Å². The van der Waals surface area contributed by atoms with Crippen LogP contribution in [-0.4, -0.2) is 24.1 Å². The lowest BCUT2D eigenvalue weighted by molar-refractivity contribution is -0.123. The first-order chi connectivity index (χ1) is 12.8. The molecule has 0 bridgehead atoms. The Bertz CT molecular complexity index is 872. The Morgan fingerprint density at radius 2 is 1.85 bits per heavy atom. The van der Waals surface area contributed by atoms with Crippen molar-refractivity contribution >= 4 is 57.2 Å². The molecule has 27 heavy (non-hydrogen) atoms. The van der Waals surface area contributed by atoms with Crippen molar-refractivity contribution in [2.45, 2.75) is 19.9 Å². The second kappa shape index (κ2) is 9.88. The maximum Gasteiger partial charge on any atom is 0.262 e. The van der Waals surface area contributed by atoms with E-state index in [0.29, 0.717) is 10.6 Å². The summed E-state index contributed by atoms with van der Waals surface area (Å²) in [5, 5.41) is 7.29. The molecule has 2 amide bonds. The first-order valence-electron chi connectivity index (χ1n) is 8.12. The van der Waals surface area contributed by atoms with Crippen LogP contribution in [0.1, 0.15) is 29.8 Å². The Morgan fingerprint density at radius 1 is 1.11 bits per heavy atom. The number of hydrazone groups is 1. The zero-order chi connectivity index (χ0) is 20.0. The van der Waals surface area contributed by atoms with Crippen LogP contribution >= 0.6 is 39.1 Å². The van der Waals surface area contributed by atoms with Gasteiger partial charge < -0.3 is 5.32 Å². The molecule has 0 aliphatic heterocycles. The fourth-order valence-corrected chi connectivity index (χ4v) is 2.94. The van der Waals surface area contributed by atoms with Crippen molar-refractivity contribution in [1.82, 2.24) is 10.7 Å². The van der Waals surface area contributed by atoms with Crippen molar-refractivity contribution in [3.8, 4) is 0 Å². The standard InChI is InChI=1S/C19H18BrCl2N3O2/c1-11(2)17(24-18(26)13-6-7-15(21)16(22)9-13)19(27)25-23-10-12-4-3-5-14(20)8-12/h3-11,17H,1-2H3,(H,24,26)(H,25,27)/b23-10-. The number of benzene rings is 2. The molecule has 2 rings (SSSR count). The number of nitrogens with zero attached hydrogens (tertiary/aromatic N) is 1. The van der Waals surface area contributed by atoms with Gasteiger partial charge in [-0.2, -0.15) is 5.10 Å². The first-order valence-corrected chi connectivity index (χ1v) is 9.67. The van der Waals surface area contributed by atoms with Crippen LogP contribution in [0.5, 0.6) is 0 Å². The number of amides is 2. The highest BCUT2D eigenvalue weighted by atomic mass is 79.9. The molecule has 0 spiro atoms. The molecule has 5 nitrogen and oxygen atoms in total. The summed E-state index contributed by atoms with van der Waals surface area (Å²) in [6.45, 7) is 3.66. The number of hydrogen-bond acceptors (Lipinski definition) is 3. The summed E-state index contributed by atoms with van der Waals surface area (Å²) in [7, 11) is 0. The van der Waals surface area contributed by atoms with Crippen molar-refractivity contribution in [2.75, 3.05) is 0 Å². The van der Waals surface area contributed by atoms with Crippen LogP contribution in [0.4, 0.5) is 0 Å². The van der Waals surface area contributed by atoms with Gasteiger partial charge in [-0.15, -0.1) is 0 Å². The van der Waals surface area contributed by atoms with Crippen LogP contribution < -0.4 is 10.7 Å². The van der Waals surface area contributed by atoms with Gasteiger partial charge in [0, 0.05) is 10.0 Å². The number of rotatable bonds is 6. The highest BCUT2D eigenvalue weighted by Gasteiger charge is 2.24. The molecule has 142 valence electrons. The van der Waals surface area contributed by atoms with Gasteiger partial charge in [0.2, 0.25) is 0 Å². The number of hydrogen-bond donors (Lipinski definition) is 2. The van der Waals surface area contributed by atoms with Crippen LogP contribution in [0.15, 0.2) is 52.0 Å². The van der Waals surface area contributed by atoms with E-state index < -0.39 is 17.9 Å². The number of halogens is 3. The van der Waals surface area contributed by atoms with E-state index in [1.54, 1.807) is 6.07 Å². The Hall–Kier alpha value is -1.89. The quantitative estimate of drug-likeness (QED) is 0.476. The van der Waals surface area contributed by atoms with Gasteiger partial charge in [-0.3, -0.25) is 9.59 Å². The summed E-state index contributed by atoms with van der Waals surface area (Å²) in [5.74, 6) is -0.971. The third-order valence-corrected chi connectivity index (χ3v) is 4.89. The molecule has 0 aliphatic rings. The van der Waals surface area contributed by atoms with E-state index in [1.807, 2.05) is 38.1 Å². The molecular weight excluding hydrogens is 453 g/mol. The second-order valence-electron chi connectivity index (χ2n) is 6.11. The minimum absolute atomic E-state index is 0.141. The molecule has 0 fully saturated rings. The summed E-state index contributed by atoms with van der Waals surface area (Å²) in [4.78, 5) is 24.9. The van der Waals surface area contributed by atoms with Gasteiger partial charge in [-0.05, 0) is 41.8 Å². The Balaban J connectivity index is 2.03. The van der Waals surface area contributed by atoms with E-state index in [2.05, 4.69) is 31.8 Å². The topological polar surface area (TPSA) is 70.6 Å². The van der Waals surface area contributed by atoms with Crippen molar-refractivity contribution < 1.29 is 9.59 Å². The fraction of sp³-hybridized carbons (Fsp3) is 0.211. The lowest BCUT2D eigenvalue weighted by atomic mass is 10.0. The van der Waals surface area contributed by atoms with Gasteiger partial charge in [0.05, 0.1) is 16.3 Å². The third kappa shape index (κ3) is 6.34. The van der Waals surface area contributed by atoms with Crippen molar-refractivity contribution in [1.29, 1.82) is 0 Å². The molecule has 0 heterocycles. The summed E-state index contributed by atoms with van der Waals surface area (Å²) >= 11 is 15.2. The average molecular weight is 471 g/mol. The van der Waals surface area contributed by atoms with E-state index in [1.165, 1.54) is 18.3 Å². The zero-order valence-corrected chi connectivity index (χ0v) is 17.8. The molecule has 0 saturated heterocycles. The molecule has 0 aliphatic carbocycles. The highest BCUT2D eigenvalue weighted by Crippen LogP contribution is 2.22. The fourth-order valence-electron chi connectivity index (χ4n) is 2.22. The molecule has 2 aromatic rings. The summed E-state index contributed by atoms with van der Waals surface area (Å²) in [5.41, 5.74) is 3.61. The molecular formula is C19H18BrCl2N3O2. The zero-order valence-electron chi connectivity index (χ0n) is 14.7. The number of nitrogens with one attached hydrogen (secondary N) is 2. The maximum absolute atomic E-state index is 12.4. The van der Waals surface area contributed by atoms with E-state index in [-0.39, 0.29) is 10.9 Å². The number of carbonyl (C=O) groups is 2. The van der Waals surface area contributed by atoms with Crippen molar-refractivity contribution in [3.63, 3.8) is 0 Å². The van der Waals surface area contributed by atoms with Gasteiger partial charge in [0.1, 0.15) is 6.04 Å². The number of carbonyl (C=O) groups excluding carboxylic acids is 2. The van der Waals surface area contributed by atoms with Crippen LogP contribution in [0.2, 0.25) is 10.0 Å². The van der Waals surface area contributed by atoms with Crippen LogP contribution in [0.25, 0.3) is 0 Å². The van der Waals surface area contributed by atoms with Crippen molar-refractivity contribution in [3.05, 3.63) is 68.1 Å². The molecule has 0 radical (unpaired) electrons. The summed E-state index contributed by atoms with van der Waals surface area (Å²) in [6.07, 6.45) is 1.53. The maximum atomic E-state index is 12.4. The minimum Gasteiger partial charge on any atom is -0.340 e.